The van der Waals surface area contributed by atoms with Crippen molar-refractivity contribution in [1.82, 2.24) is 9.97 Å². The third-order valence-electron chi connectivity index (χ3n) is 2.01. The van der Waals surface area contributed by atoms with Gasteiger partial charge in [-0.1, -0.05) is 0 Å². The lowest BCUT2D eigenvalue weighted by Crippen LogP contribution is -2.03. The molecule has 2 rings (SSSR count). The molecule has 0 aromatic carbocycles. The minimum atomic E-state index is -1.05. The molecule has 0 aliphatic heterocycles. The maximum atomic E-state index is 10.7. The number of nitrogens with zero attached hydrogens (tertiary/aromatic N) is 2. The molecule has 0 bridgehead atoms. The fourth-order valence-electron chi connectivity index (χ4n) is 1.22. The van der Waals surface area contributed by atoms with Crippen LogP contribution in [0, 0.1) is 6.92 Å². The zero-order valence-electron chi connectivity index (χ0n) is 8.97. The van der Waals surface area contributed by atoms with Crippen molar-refractivity contribution in [2.75, 3.05) is 11.1 Å². The van der Waals surface area contributed by atoms with E-state index in [2.05, 4.69) is 15.3 Å². The third-order valence-corrected chi connectivity index (χ3v) is 2.88. The third kappa shape index (κ3) is 2.51. The molecule has 0 aliphatic carbocycles. The van der Waals surface area contributed by atoms with Gasteiger partial charge in [0.05, 0.1) is 16.9 Å². The number of carboxylic acid groups (broad SMARTS) is 1. The van der Waals surface area contributed by atoms with Crippen molar-refractivity contribution in [1.29, 1.82) is 0 Å². The van der Waals surface area contributed by atoms with Gasteiger partial charge in [0.25, 0.3) is 0 Å². The fraction of sp³-hybridized carbons (Fsp3) is 0.100. The van der Waals surface area contributed by atoms with E-state index in [4.69, 9.17) is 10.8 Å². The molecule has 0 atom stereocenters. The van der Waals surface area contributed by atoms with Gasteiger partial charge in [0, 0.05) is 11.6 Å². The number of nitrogens with two attached hydrogens (primary N) is 1. The lowest BCUT2D eigenvalue weighted by atomic mass is 10.2. The highest BCUT2D eigenvalue weighted by Crippen LogP contribution is 2.23. The Hall–Kier alpha value is -2.15. The molecule has 0 radical (unpaired) electrons. The molecule has 0 unspecified atom stereocenters. The lowest BCUT2D eigenvalue weighted by molar-refractivity contribution is 0.0696. The number of nitrogens with one attached hydrogen (secondary N) is 1. The maximum absolute atomic E-state index is 10.7. The number of pyridine rings is 1. The Morgan fingerprint density at radius 2 is 2.35 bits per heavy atom. The number of aryl methyl sites for hydroxylation is 1. The van der Waals surface area contributed by atoms with Crippen molar-refractivity contribution < 1.29 is 9.90 Å². The molecule has 0 aliphatic rings. The molecule has 17 heavy (non-hydrogen) atoms. The SMILES string of the molecule is Cc1csc(Nc2ncc(C(=O)O)cc2N)n1. The van der Waals surface area contributed by atoms with Crippen LogP contribution in [0.5, 0.6) is 0 Å². The summed E-state index contributed by atoms with van der Waals surface area (Å²) in [7, 11) is 0. The normalized spacial score (nSPS) is 10.2. The van der Waals surface area contributed by atoms with Crippen LogP contribution in [-0.4, -0.2) is 21.0 Å². The molecule has 7 heteroatoms. The number of rotatable bonds is 3. The summed E-state index contributed by atoms with van der Waals surface area (Å²) in [5.74, 6) is -0.648. The topological polar surface area (TPSA) is 101 Å². The molecule has 2 aromatic rings. The Bertz CT molecular complexity index is 567. The first-order valence-corrected chi connectivity index (χ1v) is 5.62. The van der Waals surface area contributed by atoms with Crippen LogP contribution in [0.25, 0.3) is 0 Å². The molecule has 0 saturated carbocycles. The van der Waals surface area contributed by atoms with Crippen molar-refractivity contribution in [2.45, 2.75) is 6.92 Å². The molecule has 0 fully saturated rings. The van der Waals surface area contributed by atoms with Crippen LogP contribution in [0.4, 0.5) is 16.6 Å². The molecule has 6 nitrogen and oxygen atoms in total. The van der Waals surface area contributed by atoms with Crippen molar-refractivity contribution in [2.24, 2.45) is 0 Å². The average molecular weight is 250 g/mol. The van der Waals surface area contributed by atoms with Gasteiger partial charge in [0.2, 0.25) is 0 Å². The zero-order valence-corrected chi connectivity index (χ0v) is 9.78. The number of aromatic carboxylic acids is 1. The molecule has 2 aromatic heterocycles. The molecular formula is C10H10N4O2S. The fourth-order valence-corrected chi connectivity index (χ4v) is 1.90. The number of hydrogen-bond donors (Lipinski definition) is 3. The standard InChI is InChI=1S/C10H10N4O2S/c1-5-4-17-10(13-5)14-8-7(11)2-6(3-12-8)9(15)16/h2-4H,11H2,1H3,(H,15,16)(H,12,13,14). The highest BCUT2D eigenvalue weighted by molar-refractivity contribution is 7.13. The van der Waals surface area contributed by atoms with Crippen LogP contribution in [0.1, 0.15) is 16.1 Å². The Labute approximate surface area is 101 Å². The van der Waals surface area contributed by atoms with Crippen LogP contribution in [0.2, 0.25) is 0 Å². The molecule has 2 heterocycles. The van der Waals surface area contributed by atoms with Crippen molar-refractivity contribution in [3.05, 3.63) is 28.9 Å². The van der Waals surface area contributed by atoms with Gasteiger partial charge in [-0.25, -0.2) is 14.8 Å². The van der Waals surface area contributed by atoms with Crippen LogP contribution >= 0.6 is 11.3 Å². The smallest absolute Gasteiger partial charge is 0.337 e. The first kappa shape index (κ1) is 11.3. The minimum absolute atomic E-state index is 0.0587. The van der Waals surface area contributed by atoms with E-state index in [9.17, 15) is 4.79 Å². The van der Waals surface area contributed by atoms with Gasteiger partial charge >= 0.3 is 5.97 Å². The van der Waals surface area contributed by atoms with E-state index >= 15 is 0 Å². The molecule has 0 saturated heterocycles. The van der Waals surface area contributed by atoms with E-state index in [0.717, 1.165) is 5.69 Å². The van der Waals surface area contributed by atoms with Crippen molar-refractivity contribution in [3.8, 4) is 0 Å². The molecule has 88 valence electrons. The predicted octanol–water partition coefficient (Wildman–Crippen LogP) is 1.87. The Morgan fingerprint density at radius 3 is 2.88 bits per heavy atom. The summed E-state index contributed by atoms with van der Waals surface area (Å²) in [6, 6.07) is 1.36. The summed E-state index contributed by atoms with van der Waals surface area (Å²) in [6.45, 7) is 1.88. The monoisotopic (exact) mass is 250 g/mol. The number of aromatic nitrogens is 2. The van der Waals surface area contributed by atoms with Crippen LogP contribution in [-0.2, 0) is 0 Å². The van der Waals surface area contributed by atoms with E-state index in [1.807, 2.05) is 12.3 Å². The second-order valence-electron chi connectivity index (χ2n) is 3.39. The van der Waals surface area contributed by atoms with Crippen molar-refractivity contribution in [3.63, 3.8) is 0 Å². The van der Waals surface area contributed by atoms with Gasteiger partial charge in [0.15, 0.2) is 10.9 Å². The second-order valence-corrected chi connectivity index (χ2v) is 4.24. The average Bonchev–Trinajstić information content (AvgIpc) is 2.67. The van der Waals surface area contributed by atoms with E-state index in [1.54, 1.807) is 0 Å². The molecule has 0 spiro atoms. The number of nitrogen functional groups attached to an aromatic ring is 1. The predicted molar refractivity (Wildman–Crippen MR) is 65.7 cm³/mol. The summed E-state index contributed by atoms with van der Waals surface area (Å²) in [5.41, 5.74) is 6.94. The number of carboxylic acids is 1. The minimum Gasteiger partial charge on any atom is -0.478 e. The first-order valence-electron chi connectivity index (χ1n) is 4.74. The number of anilines is 3. The highest BCUT2D eigenvalue weighted by Gasteiger charge is 2.08. The Morgan fingerprint density at radius 1 is 1.59 bits per heavy atom. The summed E-state index contributed by atoms with van der Waals surface area (Å²) >= 11 is 1.43. The zero-order chi connectivity index (χ0) is 12.4. The summed E-state index contributed by atoms with van der Waals surface area (Å²) in [4.78, 5) is 18.9. The quantitative estimate of drug-likeness (QED) is 0.768. The maximum Gasteiger partial charge on any atom is 0.337 e. The van der Waals surface area contributed by atoms with E-state index < -0.39 is 5.97 Å². The van der Waals surface area contributed by atoms with Gasteiger partial charge in [-0.3, -0.25) is 0 Å². The number of carbonyl (C=O) groups is 1. The Balaban J connectivity index is 2.25. The first-order chi connectivity index (χ1) is 8.06. The molecule has 4 N–H and O–H groups in total. The van der Waals surface area contributed by atoms with Crippen LogP contribution < -0.4 is 11.1 Å². The summed E-state index contributed by atoms with van der Waals surface area (Å²) in [6.07, 6.45) is 1.25. The highest BCUT2D eigenvalue weighted by atomic mass is 32.1. The largest absolute Gasteiger partial charge is 0.478 e. The van der Waals surface area contributed by atoms with E-state index in [0.29, 0.717) is 10.9 Å². The lowest BCUT2D eigenvalue weighted by Gasteiger charge is -2.05. The van der Waals surface area contributed by atoms with Gasteiger partial charge in [-0.05, 0) is 13.0 Å². The number of hydrogen-bond acceptors (Lipinski definition) is 6. The van der Waals surface area contributed by atoms with Gasteiger partial charge in [-0.15, -0.1) is 11.3 Å². The Kier molecular flexibility index (Phi) is 2.92. The summed E-state index contributed by atoms with van der Waals surface area (Å²) < 4.78 is 0. The number of thiazole rings is 1. The second kappa shape index (κ2) is 4.38. The van der Waals surface area contributed by atoms with Crippen LogP contribution in [0.15, 0.2) is 17.6 Å². The van der Waals surface area contributed by atoms with Gasteiger partial charge < -0.3 is 16.2 Å². The summed E-state index contributed by atoms with van der Waals surface area (Å²) in [5, 5.41) is 14.3. The van der Waals surface area contributed by atoms with E-state index in [-0.39, 0.29) is 11.3 Å². The van der Waals surface area contributed by atoms with E-state index in [1.165, 1.54) is 23.6 Å². The molecule has 0 amide bonds. The van der Waals surface area contributed by atoms with Crippen LogP contribution in [0.3, 0.4) is 0 Å². The van der Waals surface area contributed by atoms with Crippen molar-refractivity contribution >= 4 is 33.9 Å². The van der Waals surface area contributed by atoms with Gasteiger partial charge in [-0.2, -0.15) is 0 Å². The molecular weight excluding hydrogens is 240 g/mol. The van der Waals surface area contributed by atoms with Gasteiger partial charge in [0.1, 0.15) is 0 Å².